The van der Waals surface area contributed by atoms with E-state index in [1.807, 2.05) is 25.1 Å². The van der Waals surface area contributed by atoms with Gasteiger partial charge in [-0.25, -0.2) is 4.79 Å². The molecule has 1 aromatic rings. The fraction of sp³-hybridized carbons (Fsp3) is 0.500. The molecule has 0 bridgehead atoms. The van der Waals surface area contributed by atoms with Gasteiger partial charge in [0.2, 0.25) is 0 Å². The summed E-state index contributed by atoms with van der Waals surface area (Å²) in [4.78, 5) is 14.0. The number of carbonyl (C=O) groups is 1. The lowest BCUT2D eigenvalue weighted by Gasteiger charge is -2.18. The summed E-state index contributed by atoms with van der Waals surface area (Å²) in [6.07, 6.45) is 0. The summed E-state index contributed by atoms with van der Waals surface area (Å²) in [5, 5.41) is 5.69. The number of nitrogens with one attached hydrogen (secondary N) is 2. The van der Waals surface area contributed by atoms with Crippen molar-refractivity contribution in [1.82, 2.24) is 10.2 Å². The van der Waals surface area contributed by atoms with Crippen molar-refractivity contribution in [1.29, 1.82) is 0 Å². The number of hydrogen-bond acceptors (Lipinski definition) is 2. The van der Waals surface area contributed by atoms with Gasteiger partial charge in [0.1, 0.15) is 0 Å². The van der Waals surface area contributed by atoms with Crippen LogP contribution in [0.2, 0.25) is 0 Å². The summed E-state index contributed by atoms with van der Waals surface area (Å²) in [5.74, 6) is 0. The molecule has 19 heavy (non-hydrogen) atoms. The third-order valence-electron chi connectivity index (χ3n) is 2.98. The molecule has 0 spiro atoms. The van der Waals surface area contributed by atoms with E-state index in [0.717, 1.165) is 35.4 Å². The van der Waals surface area contributed by atoms with E-state index in [2.05, 4.69) is 45.3 Å². The Labute approximate surface area is 123 Å². The van der Waals surface area contributed by atoms with Gasteiger partial charge >= 0.3 is 6.03 Å². The van der Waals surface area contributed by atoms with Crippen LogP contribution in [-0.2, 0) is 0 Å². The number of benzene rings is 1. The van der Waals surface area contributed by atoms with Gasteiger partial charge in [-0.2, -0.15) is 0 Å². The fourth-order valence-electron chi connectivity index (χ4n) is 1.76. The largest absolute Gasteiger partial charge is 0.337 e. The Balaban J connectivity index is 2.39. The molecule has 1 rings (SSSR count). The molecule has 5 heteroatoms. The van der Waals surface area contributed by atoms with Crippen LogP contribution in [0.3, 0.4) is 0 Å². The van der Waals surface area contributed by atoms with Gasteiger partial charge in [-0.05, 0) is 53.6 Å². The van der Waals surface area contributed by atoms with Gasteiger partial charge in [-0.1, -0.05) is 19.9 Å². The second-order valence-corrected chi connectivity index (χ2v) is 5.25. The van der Waals surface area contributed by atoms with Crippen molar-refractivity contribution < 1.29 is 4.79 Å². The number of nitrogens with zero attached hydrogens (tertiary/aromatic N) is 1. The first-order valence-corrected chi connectivity index (χ1v) is 7.39. The third-order valence-corrected chi connectivity index (χ3v) is 3.64. The molecule has 1 aromatic carbocycles. The predicted molar refractivity (Wildman–Crippen MR) is 83.7 cm³/mol. The van der Waals surface area contributed by atoms with Gasteiger partial charge in [0.05, 0.1) is 5.69 Å². The van der Waals surface area contributed by atoms with Crippen molar-refractivity contribution in [3.8, 4) is 0 Å². The Morgan fingerprint density at radius 2 is 2.00 bits per heavy atom. The minimum atomic E-state index is -0.170. The van der Waals surface area contributed by atoms with Crippen LogP contribution >= 0.6 is 15.9 Å². The summed E-state index contributed by atoms with van der Waals surface area (Å²) in [6.45, 7) is 9.78. The highest BCUT2D eigenvalue weighted by molar-refractivity contribution is 9.10. The molecule has 0 aliphatic rings. The summed E-state index contributed by atoms with van der Waals surface area (Å²) >= 11 is 3.44. The number of aryl methyl sites for hydroxylation is 1. The maximum absolute atomic E-state index is 11.7. The number of urea groups is 1. The molecule has 2 N–H and O–H groups in total. The number of anilines is 1. The lowest BCUT2D eigenvalue weighted by Crippen LogP contribution is -2.36. The van der Waals surface area contributed by atoms with Crippen molar-refractivity contribution in [3.05, 3.63) is 28.2 Å². The van der Waals surface area contributed by atoms with E-state index < -0.39 is 0 Å². The standard InChI is InChI=1S/C14H22BrN3O/c1-4-18(5-2)9-8-16-14(19)17-13-7-6-11(3)10-12(13)15/h6-7,10H,4-5,8-9H2,1-3H3,(H2,16,17,19). The Hall–Kier alpha value is -1.07. The van der Waals surface area contributed by atoms with Crippen LogP contribution in [0.25, 0.3) is 0 Å². The molecule has 0 atom stereocenters. The van der Waals surface area contributed by atoms with Crippen molar-refractivity contribution >= 4 is 27.6 Å². The monoisotopic (exact) mass is 327 g/mol. The normalized spacial score (nSPS) is 10.6. The molecule has 0 saturated carbocycles. The molecule has 106 valence electrons. The van der Waals surface area contributed by atoms with Crippen LogP contribution in [0.15, 0.2) is 22.7 Å². The van der Waals surface area contributed by atoms with Gasteiger partial charge < -0.3 is 15.5 Å². The molecule has 4 nitrogen and oxygen atoms in total. The first-order valence-electron chi connectivity index (χ1n) is 6.60. The first-order chi connectivity index (χ1) is 9.06. The summed E-state index contributed by atoms with van der Waals surface area (Å²) in [6, 6.07) is 5.67. The molecule has 0 radical (unpaired) electrons. The molecule has 0 saturated heterocycles. The van der Waals surface area contributed by atoms with Crippen molar-refractivity contribution in [3.63, 3.8) is 0 Å². The number of hydrogen-bond donors (Lipinski definition) is 2. The van der Waals surface area contributed by atoms with E-state index in [4.69, 9.17) is 0 Å². The second kappa shape index (κ2) is 8.17. The van der Waals surface area contributed by atoms with E-state index in [1.165, 1.54) is 0 Å². The lowest BCUT2D eigenvalue weighted by atomic mass is 10.2. The Bertz CT molecular complexity index is 419. The highest BCUT2D eigenvalue weighted by Gasteiger charge is 2.05. The Morgan fingerprint density at radius 1 is 1.32 bits per heavy atom. The van der Waals surface area contributed by atoms with Crippen LogP contribution in [-0.4, -0.2) is 37.1 Å². The van der Waals surface area contributed by atoms with Crippen LogP contribution in [0.5, 0.6) is 0 Å². The zero-order valence-corrected chi connectivity index (χ0v) is 13.4. The smallest absolute Gasteiger partial charge is 0.319 e. The van der Waals surface area contributed by atoms with Crippen LogP contribution in [0.1, 0.15) is 19.4 Å². The minimum Gasteiger partial charge on any atom is -0.337 e. The van der Waals surface area contributed by atoms with Crippen LogP contribution in [0.4, 0.5) is 10.5 Å². The molecule has 0 fully saturated rings. The van der Waals surface area contributed by atoms with E-state index in [1.54, 1.807) is 0 Å². The molecular weight excluding hydrogens is 306 g/mol. The maximum atomic E-state index is 11.7. The topological polar surface area (TPSA) is 44.4 Å². The predicted octanol–water partition coefficient (Wildman–Crippen LogP) is 3.22. The number of amides is 2. The van der Waals surface area contributed by atoms with Crippen molar-refractivity contribution in [2.45, 2.75) is 20.8 Å². The molecular formula is C14H22BrN3O. The maximum Gasteiger partial charge on any atom is 0.319 e. The summed E-state index contributed by atoms with van der Waals surface area (Å²) in [5.41, 5.74) is 1.94. The first kappa shape index (κ1) is 16.0. The molecule has 2 amide bonds. The molecule has 0 heterocycles. The highest BCUT2D eigenvalue weighted by Crippen LogP contribution is 2.23. The van der Waals surface area contributed by atoms with Gasteiger partial charge in [0, 0.05) is 17.6 Å². The van der Waals surface area contributed by atoms with Crippen molar-refractivity contribution in [2.24, 2.45) is 0 Å². The number of rotatable bonds is 6. The minimum absolute atomic E-state index is 0.170. The zero-order chi connectivity index (χ0) is 14.3. The summed E-state index contributed by atoms with van der Waals surface area (Å²) in [7, 11) is 0. The van der Waals surface area contributed by atoms with Gasteiger partial charge in [0.15, 0.2) is 0 Å². The van der Waals surface area contributed by atoms with Crippen LogP contribution in [0, 0.1) is 6.92 Å². The van der Waals surface area contributed by atoms with Crippen LogP contribution < -0.4 is 10.6 Å². The summed E-state index contributed by atoms with van der Waals surface area (Å²) < 4.78 is 0.895. The highest BCUT2D eigenvalue weighted by atomic mass is 79.9. The fourth-order valence-corrected chi connectivity index (χ4v) is 2.35. The number of halogens is 1. The number of likely N-dealkylation sites (N-methyl/N-ethyl adjacent to an activating group) is 1. The van der Waals surface area contributed by atoms with E-state index in [9.17, 15) is 4.79 Å². The quantitative estimate of drug-likeness (QED) is 0.842. The Kier molecular flexibility index (Phi) is 6.87. The third kappa shape index (κ3) is 5.61. The van der Waals surface area contributed by atoms with Gasteiger partial charge in [-0.15, -0.1) is 0 Å². The van der Waals surface area contributed by atoms with Gasteiger partial charge in [0.25, 0.3) is 0 Å². The molecule has 0 aliphatic carbocycles. The Morgan fingerprint density at radius 3 is 2.58 bits per heavy atom. The average Bonchev–Trinajstić information content (AvgIpc) is 2.38. The number of carbonyl (C=O) groups excluding carboxylic acids is 1. The van der Waals surface area contributed by atoms with E-state index in [-0.39, 0.29) is 6.03 Å². The van der Waals surface area contributed by atoms with Crippen molar-refractivity contribution in [2.75, 3.05) is 31.5 Å². The second-order valence-electron chi connectivity index (χ2n) is 4.39. The zero-order valence-electron chi connectivity index (χ0n) is 11.8. The average molecular weight is 328 g/mol. The van der Waals surface area contributed by atoms with E-state index in [0.29, 0.717) is 6.54 Å². The molecule has 0 unspecified atom stereocenters. The molecule has 0 aliphatic heterocycles. The lowest BCUT2D eigenvalue weighted by molar-refractivity contribution is 0.248. The molecule has 0 aromatic heterocycles. The van der Waals surface area contributed by atoms with E-state index >= 15 is 0 Å². The van der Waals surface area contributed by atoms with Gasteiger partial charge in [-0.3, -0.25) is 0 Å². The SMILES string of the molecule is CCN(CC)CCNC(=O)Nc1ccc(C)cc1Br.